The highest BCUT2D eigenvalue weighted by atomic mass is 16.1. The number of hydrogen-bond acceptors (Lipinski definition) is 3. The van der Waals surface area contributed by atoms with Crippen molar-refractivity contribution in [2.75, 3.05) is 26.7 Å². The molecule has 21 heavy (non-hydrogen) atoms. The Balaban J connectivity index is 3.04. The van der Waals surface area contributed by atoms with Gasteiger partial charge in [-0.05, 0) is 38.5 Å². The van der Waals surface area contributed by atoms with E-state index >= 15 is 0 Å². The van der Waals surface area contributed by atoms with Gasteiger partial charge in [-0.2, -0.15) is 0 Å². The van der Waals surface area contributed by atoms with Crippen LogP contribution in [0.1, 0.15) is 38.7 Å². The summed E-state index contributed by atoms with van der Waals surface area (Å²) in [5, 5.41) is 3.39. The van der Waals surface area contributed by atoms with Crippen molar-refractivity contribution in [3.05, 3.63) is 35.9 Å². The summed E-state index contributed by atoms with van der Waals surface area (Å²) in [6.45, 7) is 6.57. The Hall–Kier alpha value is -1.39. The van der Waals surface area contributed by atoms with Gasteiger partial charge in [-0.1, -0.05) is 50.6 Å². The number of carbonyl (C=O) groups excluding carboxylic acids is 1. The lowest BCUT2D eigenvalue weighted by Crippen LogP contribution is -2.58. The van der Waals surface area contributed by atoms with Crippen molar-refractivity contribution in [2.45, 2.75) is 38.6 Å². The molecule has 0 spiro atoms. The molecule has 0 aromatic heterocycles. The molecule has 0 aliphatic heterocycles. The first-order chi connectivity index (χ1) is 10.1. The predicted octanol–water partition coefficient (Wildman–Crippen LogP) is 2.10. The molecule has 0 radical (unpaired) electrons. The number of benzene rings is 1. The standard InChI is InChI=1S/C17H29N3O/c1-4-6-13-20(3)14-17(16(18)21,19-12-5-2)15-10-8-7-9-11-15/h7-11,19H,4-6,12-14H2,1-3H3,(H2,18,21). The summed E-state index contributed by atoms with van der Waals surface area (Å²) in [5.74, 6) is -0.314. The normalized spacial score (nSPS) is 14.1. The number of amides is 1. The Morgan fingerprint density at radius 2 is 1.90 bits per heavy atom. The molecule has 4 heteroatoms. The summed E-state index contributed by atoms with van der Waals surface area (Å²) in [6, 6.07) is 9.80. The minimum Gasteiger partial charge on any atom is -0.368 e. The van der Waals surface area contributed by atoms with Gasteiger partial charge in [0.25, 0.3) is 0 Å². The van der Waals surface area contributed by atoms with Crippen LogP contribution in [0.3, 0.4) is 0 Å². The molecule has 0 aliphatic carbocycles. The smallest absolute Gasteiger partial charge is 0.243 e. The van der Waals surface area contributed by atoms with Crippen molar-refractivity contribution in [3.8, 4) is 0 Å². The lowest BCUT2D eigenvalue weighted by atomic mass is 9.88. The largest absolute Gasteiger partial charge is 0.368 e. The van der Waals surface area contributed by atoms with Gasteiger partial charge < -0.3 is 10.6 Å². The molecule has 0 fully saturated rings. The molecule has 0 aliphatic rings. The van der Waals surface area contributed by atoms with E-state index in [1.54, 1.807) is 0 Å². The van der Waals surface area contributed by atoms with E-state index in [4.69, 9.17) is 5.73 Å². The van der Waals surface area contributed by atoms with Gasteiger partial charge >= 0.3 is 0 Å². The molecule has 0 heterocycles. The summed E-state index contributed by atoms with van der Waals surface area (Å²) in [5.41, 5.74) is 5.91. The van der Waals surface area contributed by atoms with E-state index in [0.29, 0.717) is 6.54 Å². The van der Waals surface area contributed by atoms with E-state index in [2.05, 4.69) is 24.1 Å². The first-order valence-electron chi connectivity index (χ1n) is 7.85. The predicted molar refractivity (Wildman–Crippen MR) is 88.0 cm³/mol. The molecule has 0 bridgehead atoms. The molecule has 1 atom stereocenters. The Morgan fingerprint density at radius 1 is 1.24 bits per heavy atom. The molecule has 0 saturated carbocycles. The average Bonchev–Trinajstić information content (AvgIpc) is 2.50. The van der Waals surface area contributed by atoms with Crippen LogP contribution < -0.4 is 11.1 Å². The van der Waals surface area contributed by atoms with E-state index in [1.165, 1.54) is 0 Å². The lowest BCUT2D eigenvalue weighted by Gasteiger charge is -2.36. The fraction of sp³-hybridized carbons (Fsp3) is 0.588. The first kappa shape index (κ1) is 17.7. The second kappa shape index (κ2) is 8.80. The summed E-state index contributed by atoms with van der Waals surface area (Å²) in [7, 11) is 2.05. The van der Waals surface area contributed by atoms with E-state index in [9.17, 15) is 4.79 Å². The van der Waals surface area contributed by atoms with Gasteiger partial charge in [-0.15, -0.1) is 0 Å². The van der Waals surface area contributed by atoms with Gasteiger partial charge in [0, 0.05) is 6.54 Å². The third-order valence-electron chi connectivity index (χ3n) is 3.76. The van der Waals surface area contributed by atoms with Gasteiger partial charge in [0.1, 0.15) is 5.54 Å². The van der Waals surface area contributed by atoms with E-state index in [1.807, 2.05) is 37.4 Å². The van der Waals surface area contributed by atoms with Crippen molar-refractivity contribution < 1.29 is 4.79 Å². The van der Waals surface area contributed by atoms with Crippen LogP contribution in [-0.2, 0) is 10.3 Å². The number of carbonyl (C=O) groups is 1. The van der Waals surface area contributed by atoms with Crippen LogP contribution >= 0.6 is 0 Å². The zero-order valence-corrected chi connectivity index (χ0v) is 13.6. The third-order valence-corrected chi connectivity index (χ3v) is 3.76. The Labute approximate surface area is 128 Å². The molecule has 1 aromatic carbocycles. The first-order valence-corrected chi connectivity index (χ1v) is 7.85. The van der Waals surface area contributed by atoms with Gasteiger partial charge in [0.05, 0.1) is 0 Å². The molecule has 1 rings (SSSR count). The summed E-state index contributed by atoms with van der Waals surface area (Å²) < 4.78 is 0. The Bertz CT molecular complexity index is 421. The Kier molecular flexibility index (Phi) is 7.40. The molecule has 1 aromatic rings. The Morgan fingerprint density at radius 3 is 2.43 bits per heavy atom. The maximum atomic E-state index is 12.3. The summed E-state index contributed by atoms with van der Waals surface area (Å²) in [4.78, 5) is 14.5. The second-order valence-electron chi connectivity index (χ2n) is 5.65. The van der Waals surface area contributed by atoms with Crippen molar-refractivity contribution in [1.82, 2.24) is 10.2 Å². The number of unbranched alkanes of at least 4 members (excludes halogenated alkanes) is 1. The SMILES string of the molecule is CCCCN(C)CC(NCCC)(C(N)=O)c1ccccc1. The van der Waals surface area contributed by atoms with Crippen LogP contribution in [0, 0.1) is 0 Å². The molecule has 0 saturated heterocycles. The molecule has 1 unspecified atom stereocenters. The van der Waals surface area contributed by atoms with Crippen LogP contribution in [0.2, 0.25) is 0 Å². The number of primary amides is 1. The zero-order valence-electron chi connectivity index (χ0n) is 13.6. The zero-order chi connectivity index (χ0) is 15.7. The van der Waals surface area contributed by atoms with Crippen molar-refractivity contribution in [3.63, 3.8) is 0 Å². The van der Waals surface area contributed by atoms with E-state index < -0.39 is 5.54 Å². The second-order valence-corrected chi connectivity index (χ2v) is 5.65. The van der Waals surface area contributed by atoms with Gasteiger partial charge in [0.15, 0.2) is 0 Å². The summed E-state index contributed by atoms with van der Waals surface area (Å²) in [6.07, 6.45) is 3.22. The van der Waals surface area contributed by atoms with Crippen molar-refractivity contribution in [1.29, 1.82) is 0 Å². The lowest BCUT2D eigenvalue weighted by molar-refractivity contribution is -0.125. The number of hydrogen-bond donors (Lipinski definition) is 2. The topological polar surface area (TPSA) is 58.4 Å². The maximum Gasteiger partial charge on any atom is 0.243 e. The van der Waals surface area contributed by atoms with Crippen molar-refractivity contribution in [2.24, 2.45) is 5.73 Å². The number of nitrogens with two attached hydrogens (primary N) is 1. The monoisotopic (exact) mass is 291 g/mol. The van der Waals surface area contributed by atoms with Gasteiger partial charge in [-0.25, -0.2) is 0 Å². The highest BCUT2D eigenvalue weighted by Gasteiger charge is 2.38. The molecule has 118 valence electrons. The minimum absolute atomic E-state index is 0.314. The highest BCUT2D eigenvalue weighted by Crippen LogP contribution is 2.22. The molecular formula is C17H29N3O. The number of likely N-dealkylation sites (N-methyl/N-ethyl adjacent to an activating group) is 1. The van der Waals surface area contributed by atoms with Crippen LogP contribution in [0.5, 0.6) is 0 Å². The third kappa shape index (κ3) is 4.83. The number of rotatable bonds is 10. The number of nitrogens with zero attached hydrogens (tertiary/aromatic N) is 1. The minimum atomic E-state index is -0.820. The molecular weight excluding hydrogens is 262 g/mol. The van der Waals surface area contributed by atoms with Crippen molar-refractivity contribution >= 4 is 5.91 Å². The average molecular weight is 291 g/mol. The molecule has 4 nitrogen and oxygen atoms in total. The molecule has 1 amide bonds. The van der Waals surface area contributed by atoms with Crippen LogP contribution in [0.15, 0.2) is 30.3 Å². The van der Waals surface area contributed by atoms with Crippen LogP contribution in [0.4, 0.5) is 0 Å². The quantitative estimate of drug-likeness (QED) is 0.694. The van der Waals surface area contributed by atoms with Gasteiger partial charge in [0.2, 0.25) is 5.91 Å². The fourth-order valence-electron chi connectivity index (χ4n) is 2.53. The van der Waals surface area contributed by atoms with Crippen LogP contribution in [0.25, 0.3) is 0 Å². The van der Waals surface area contributed by atoms with E-state index in [-0.39, 0.29) is 5.91 Å². The highest BCUT2D eigenvalue weighted by molar-refractivity contribution is 5.86. The summed E-state index contributed by atoms with van der Waals surface area (Å²) >= 11 is 0. The molecule has 3 N–H and O–H groups in total. The maximum absolute atomic E-state index is 12.3. The van der Waals surface area contributed by atoms with Gasteiger partial charge in [-0.3, -0.25) is 10.1 Å². The number of nitrogens with one attached hydrogen (secondary N) is 1. The van der Waals surface area contributed by atoms with Crippen LogP contribution in [-0.4, -0.2) is 37.5 Å². The fourth-order valence-corrected chi connectivity index (χ4v) is 2.53. The van der Waals surface area contributed by atoms with E-state index in [0.717, 1.165) is 37.9 Å².